The molecule has 0 amide bonds. The first kappa shape index (κ1) is 15.5. The largest absolute Gasteiger partial charge is 0.416 e. The van der Waals surface area contributed by atoms with E-state index >= 15 is 0 Å². The zero-order valence-electron chi connectivity index (χ0n) is 11.7. The van der Waals surface area contributed by atoms with Crippen molar-refractivity contribution in [1.29, 1.82) is 0 Å². The van der Waals surface area contributed by atoms with Crippen molar-refractivity contribution in [3.63, 3.8) is 0 Å². The van der Waals surface area contributed by atoms with E-state index in [9.17, 15) is 13.2 Å². The van der Waals surface area contributed by atoms with Crippen LogP contribution in [0.1, 0.15) is 30.9 Å². The van der Waals surface area contributed by atoms with Gasteiger partial charge in [-0.1, -0.05) is 12.1 Å². The molecule has 0 saturated carbocycles. The van der Waals surface area contributed by atoms with Crippen LogP contribution in [-0.4, -0.2) is 24.1 Å². The number of piperidine rings is 1. The number of nitrogens with zero attached hydrogens (tertiary/aromatic N) is 2. The lowest BCUT2D eigenvalue weighted by Crippen LogP contribution is -2.36. The van der Waals surface area contributed by atoms with E-state index in [2.05, 4.69) is 12.1 Å². The Morgan fingerprint density at radius 1 is 1.43 bits per heavy atom. The molecule has 1 aliphatic rings. The molecule has 0 spiro atoms. The molecule has 21 heavy (non-hydrogen) atoms. The van der Waals surface area contributed by atoms with Gasteiger partial charge in [0, 0.05) is 24.3 Å². The van der Waals surface area contributed by atoms with Gasteiger partial charge in [-0.15, -0.1) is 0 Å². The van der Waals surface area contributed by atoms with Crippen molar-refractivity contribution < 1.29 is 18.4 Å². The van der Waals surface area contributed by atoms with Crippen LogP contribution >= 0.6 is 0 Å². The van der Waals surface area contributed by atoms with Crippen LogP contribution in [0.15, 0.2) is 23.4 Å². The molecule has 2 rings (SSSR count). The lowest BCUT2D eigenvalue weighted by molar-refractivity contribution is -0.137. The van der Waals surface area contributed by atoms with Crippen molar-refractivity contribution in [2.24, 2.45) is 16.8 Å². The number of hydrogen-bond acceptors (Lipinski definition) is 3. The van der Waals surface area contributed by atoms with E-state index in [-0.39, 0.29) is 11.4 Å². The van der Waals surface area contributed by atoms with Crippen LogP contribution in [0.25, 0.3) is 0 Å². The molecule has 4 nitrogen and oxygen atoms in total. The minimum absolute atomic E-state index is 0.112. The van der Waals surface area contributed by atoms with Crippen molar-refractivity contribution in [2.75, 3.05) is 18.0 Å². The minimum atomic E-state index is -4.46. The van der Waals surface area contributed by atoms with Gasteiger partial charge in [0.1, 0.15) is 0 Å². The van der Waals surface area contributed by atoms with Gasteiger partial charge in [0.2, 0.25) is 0 Å². The molecule has 1 aromatic carbocycles. The monoisotopic (exact) mass is 301 g/mol. The third-order valence-electron chi connectivity index (χ3n) is 3.71. The Morgan fingerprint density at radius 2 is 2.14 bits per heavy atom. The van der Waals surface area contributed by atoms with Gasteiger partial charge >= 0.3 is 6.18 Å². The van der Waals surface area contributed by atoms with Crippen molar-refractivity contribution in [3.05, 3.63) is 29.3 Å². The van der Waals surface area contributed by atoms with Crippen LogP contribution in [0.4, 0.5) is 18.9 Å². The van der Waals surface area contributed by atoms with Gasteiger partial charge in [-0.3, -0.25) is 0 Å². The zero-order valence-corrected chi connectivity index (χ0v) is 11.7. The second-order valence-electron chi connectivity index (χ2n) is 5.41. The predicted molar refractivity (Wildman–Crippen MR) is 74.6 cm³/mol. The number of alkyl halides is 3. The van der Waals surface area contributed by atoms with Gasteiger partial charge in [-0.05, 0) is 37.0 Å². The number of halogens is 3. The summed E-state index contributed by atoms with van der Waals surface area (Å²) in [6, 6.07) is 3.36. The van der Waals surface area contributed by atoms with Crippen LogP contribution in [0.2, 0.25) is 0 Å². The summed E-state index contributed by atoms with van der Waals surface area (Å²) < 4.78 is 38.4. The topological polar surface area (TPSA) is 61.8 Å². The fourth-order valence-electron chi connectivity index (χ4n) is 2.66. The number of hydrogen-bond donors (Lipinski definition) is 2. The quantitative estimate of drug-likeness (QED) is 0.382. The molecule has 1 aromatic rings. The Balaban J connectivity index is 2.45. The Kier molecular flexibility index (Phi) is 4.29. The average molecular weight is 301 g/mol. The van der Waals surface area contributed by atoms with E-state index in [1.807, 2.05) is 4.90 Å². The number of oxime groups is 1. The average Bonchev–Trinajstić information content (AvgIpc) is 2.45. The third kappa shape index (κ3) is 3.40. The Labute approximate surface area is 121 Å². The van der Waals surface area contributed by atoms with Crippen LogP contribution in [0.3, 0.4) is 0 Å². The summed E-state index contributed by atoms with van der Waals surface area (Å²) in [5.74, 6) is 0.149. The predicted octanol–water partition coefficient (Wildman–Crippen LogP) is 3.04. The first-order chi connectivity index (χ1) is 9.82. The van der Waals surface area contributed by atoms with Crippen LogP contribution in [0.5, 0.6) is 0 Å². The fourth-order valence-corrected chi connectivity index (χ4v) is 2.66. The van der Waals surface area contributed by atoms with E-state index in [4.69, 9.17) is 10.9 Å². The lowest BCUT2D eigenvalue weighted by Gasteiger charge is -2.34. The summed E-state index contributed by atoms with van der Waals surface area (Å²) in [5, 5.41) is 11.7. The van der Waals surface area contributed by atoms with E-state index < -0.39 is 11.7 Å². The number of rotatable bonds is 2. The molecule has 1 saturated heterocycles. The molecule has 3 N–H and O–H groups in total. The van der Waals surface area contributed by atoms with Crippen LogP contribution in [0, 0.1) is 5.92 Å². The maximum atomic E-state index is 12.8. The van der Waals surface area contributed by atoms with Crippen molar-refractivity contribution >= 4 is 11.5 Å². The maximum absolute atomic E-state index is 12.8. The minimum Gasteiger partial charge on any atom is -0.409 e. The van der Waals surface area contributed by atoms with Gasteiger partial charge in [0.05, 0.1) is 5.56 Å². The Bertz CT molecular complexity index is 543. The Morgan fingerprint density at radius 3 is 2.71 bits per heavy atom. The fraction of sp³-hybridized carbons (Fsp3) is 0.500. The van der Waals surface area contributed by atoms with Crippen molar-refractivity contribution in [3.8, 4) is 0 Å². The molecular formula is C14H18F3N3O. The highest BCUT2D eigenvalue weighted by atomic mass is 19.4. The highest BCUT2D eigenvalue weighted by molar-refractivity contribution is 6.02. The normalized spacial score (nSPS) is 20.7. The van der Waals surface area contributed by atoms with Crippen molar-refractivity contribution in [1.82, 2.24) is 0 Å². The molecule has 7 heteroatoms. The summed E-state index contributed by atoms with van der Waals surface area (Å²) in [6.45, 7) is 3.60. The first-order valence-electron chi connectivity index (χ1n) is 6.77. The molecular weight excluding hydrogens is 283 g/mol. The maximum Gasteiger partial charge on any atom is 0.416 e. The standard InChI is InChI=1S/C14H18F3N3O/c1-9-3-2-6-20(8-9)12-5-4-10(14(15,16)17)7-11(12)13(18)19-21/h4-5,7,9,21H,2-3,6,8H2,1H3,(H2,18,19). The molecule has 1 atom stereocenters. The molecule has 0 bridgehead atoms. The van der Waals surface area contributed by atoms with Gasteiger partial charge in [0.25, 0.3) is 0 Å². The second-order valence-corrected chi connectivity index (χ2v) is 5.41. The van der Waals surface area contributed by atoms with Gasteiger partial charge < -0.3 is 15.8 Å². The second kappa shape index (κ2) is 5.83. The number of nitrogens with two attached hydrogens (primary N) is 1. The SMILES string of the molecule is CC1CCCN(c2ccc(C(F)(F)F)cc2/C(N)=N/O)C1. The lowest BCUT2D eigenvalue weighted by atomic mass is 9.98. The molecule has 116 valence electrons. The van der Waals surface area contributed by atoms with Gasteiger partial charge in [-0.25, -0.2) is 0 Å². The van der Waals surface area contributed by atoms with E-state index in [1.54, 1.807) is 0 Å². The molecule has 1 aliphatic heterocycles. The number of amidine groups is 1. The highest BCUT2D eigenvalue weighted by Gasteiger charge is 2.32. The van der Waals surface area contributed by atoms with E-state index in [1.165, 1.54) is 6.07 Å². The zero-order chi connectivity index (χ0) is 15.6. The molecule has 0 aliphatic carbocycles. The summed E-state index contributed by atoms with van der Waals surface area (Å²) in [5.41, 5.74) is 5.43. The molecule has 0 radical (unpaired) electrons. The van der Waals surface area contributed by atoms with Gasteiger partial charge in [0.15, 0.2) is 5.84 Å². The third-order valence-corrected chi connectivity index (χ3v) is 3.71. The van der Waals surface area contributed by atoms with Crippen LogP contribution in [-0.2, 0) is 6.18 Å². The molecule has 0 aromatic heterocycles. The summed E-state index contributed by atoms with van der Waals surface area (Å²) >= 11 is 0. The summed E-state index contributed by atoms with van der Waals surface area (Å²) in [4.78, 5) is 1.99. The summed E-state index contributed by atoms with van der Waals surface area (Å²) in [7, 11) is 0. The molecule has 1 fully saturated rings. The molecule has 1 unspecified atom stereocenters. The smallest absolute Gasteiger partial charge is 0.409 e. The van der Waals surface area contributed by atoms with Crippen LogP contribution < -0.4 is 10.6 Å². The van der Waals surface area contributed by atoms with Gasteiger partial charge in [-0.2, -0.15) is 13.2 Å². The van der Waals surface area contributed by atoms with E-state index in [0.717, 1.165) is 38.1 Å². The summed E-state index contributed by atoms with van der Waals surface area (Å²) in [6.07, 6.45) is -2.40. The molecule has 1 heterocycles. The highest BCUT2D eigenvalue weighted by Crippen LogP contribution is 2.34. The Hall–Kier alpha value is -1.92. The van der Waals surface area contributed by atoms with Crippen molar-refractivity contribution in [2.45, 2.75) is 25.9 Å². The first-order valence-corrected chi connectivity index (χ1v) is 6.77. The number of benzene rings is 1. The van der Waals surface area contributed by atoms with E-state index in [0.29, 0.717) is 11.6 Å². The number of anilines is 1.